The van der Waals surface area contributed by atoms with Crippen LogP contribution in [0.15, 0.2) is 0 Å². The molecule has 0 aromatic rings. The third-order valence-electron chi connectivity index (χ3n) is 7.38. The minimum atomic E-state index is -0.572. The van der Waals surface area contributed by atoms with Crippen molar-refractivity contribution in [2.24, 2.45) is 10.8 Å². The van der Waals surface area contributed by atoms with E-state index in [-0.39, 0.29) is 16.8 Å². The number of esters is 1. The molecule has 4 nitrogen and oxygen atoms in total. The van der Waals surface area contributed by atoms with Crippen LogP contribution in [-0.4, -0.2) is 32.8 Å². The average Bonchev–Trinajstić information content (AvgIpc) is 2.63. The van der Waals surface area contributed by atoms with Gasteiger partial charge in [0, 0.05) is 8.65 Å². The molecule has 4 bridgehead atoms. The first kappa shape index (κ1) is 19.7. The van der Waals surface area contributed by atoms with E-state index < -0.39 is 5.97 Å². The fourth-order valence-corrected chi connectivity index (χ4v) is 6.31. The van der Waals surface area contributed by atoms with Crippen molar-refractivity contribution < 1.29 is 19.4 Å². The molecule has 0 heterocycles. The van der Waals surface area contributed by atoms with Crippen molar-refractivity contribution in [3.8, 4) is 0 Å². The lowest BCUT2D eigenvalue weighted by atomic mass is 9.60. The van der Waals surface area contributed by atoms with Gasteiger partial charge in [-0.05, 0) is 77.0 Å². The molecule has 1 N–H and O–H groups in total. The second-order valence-corrected chi connectivity index (χ2v) is 12.0. The topological polar surface area (TPSA) is 63.6 Å². The number of ether oxygens (including phenoxy) is 1. The minimum absolute atomic E-state index is 0.0155. The number of alkyl halides is 2. The molecule has 6 heteroatoms. The van der Waals surface area contributed by atoms with Crippen molar-refractivity contribution in [1.82, 2.24) is 0 Å². The number of hydrogen-bond acceptors (Lipinski definition) is 3. The maximum absolute atomic E-state index is 11.6. The Hall–Kier alpha value is -0.100. The van der Waals surface area contributed by atoms with Gasteiger partial charge >= 0.3 is 11.9 Å². The zero-order chi connectivity index (χ0) is 18.3. The molecule has 6 aliphatic rings. The van der Waals surface area contributed by atoms with E-state index in [0.717, 1.165) is 77.0 Å². The van der Waals surface area contributed by atoms with Crippen LogP contribution in [0.25, 0.3) is 0 Å². The Bertz CT molecular complexity index is 511. The molecule has 0 aliphatic heterocycles. The first-order valence-corrected chi connectivity index (χ1v) is 11.0. The Morgan fingerprint density at radius 3 is 1.32 bits per heavy atom. The number of halogens is 2. The first-order chi connectivity index (χ1) is 11.7. The van der Waals surface area contributed by atoms with Crippen LogP contribution in [0.2, 0.25) is 0 Å². The summed E-state index contributed by atoms with van der Waals surface area (Å²) in [6, 6.07) is 0. The molecule has 0 radical (unpaired) electrons. The lowest BCUT2D eigenvalue weighted by Crippen LogP contribution is -2.46. The van der Waals surface area contributed by atoms with Crippen molar-refractivity contribution in [2.45, 2.75) is 85.7 Å². The zero-order valence-corrected chi connectivity index (χ0v) is 18.1. The first-order valence-electron chi connectivity index (χ1n) is 9.36. The molecular weight excluding hydrogens is 452 g/mol. The number of carboxylic acids is 1. The lowest BCUT2D eigenvalue weighted by molar-refractivity contribution is -0.158. The Morgan fingerprint density at radius 1 is 0.720 bits per heavy atom. The molecular formula is C19H28Br2O4. The summed E-state index contributed by atoms with van der Waals surface area (Å²) in [5.41, 5.74) is -0.472. The predicted molar refractivity (Wildman–Crippen MR) is 103 cm³/mol. The van der Waals surface area contributed by atoms with E-state index in [0.29, 0.717) is 8.65 Å². The van der Waals surface area contributed by atoms with Crippen LogP contribution in [0, 0.1) is 10.8 Å². The molecule has 0 amide bonds. The molecule has 0 atom stereocenters. The number of fused-ring (bicyclic) bond motifs is 6. The molecule has 6 aliphatic carbocycles. The normalized spacial score (nSPS) is 44.6. The predicted octanol–water partition coefficient (Wildman–Crippen LogP) is 5.21. The van der Waals surface area contributed by atoms with Gasteiger partial charge in [0.15, 0.2) is 0 Å². The van der Waals surface area contributed by atoms with Gasteiger partial charge in [0.05, 0.1) is 17.9 Å². The summed E-state index contributed by atoms with van der Waals surface area (Å²) in [6.45, 7) is 0. The highest BCUT2D eigenvalue weighted by Gasteiger charge is 2.52. The Labute approximate surface area is 166 Å². The Kier molecular flexibility index (Phi) is 5.35. The molecule has 142 valence electrons. The van der Waals surface area contributed by atoms with E-state index in [9.17, 15) is 9.59 Å². The van der Waals surface area contributed by atoms with E-state index in [1.807, 2.05) is 0 Å². The summed E-state index contributed by atoms with van der Waals surface area (Å²) < 4.78 is 5.53. The highest BCUT2D eigenvalue weighted by Crippen LogP contribution is 2.57. The van der Waals surface area contributed by atoms with Crippen molar-refractivity contribution in [1.29, 1.82) is 0 Å². The summed E-state index contributed by atoms with van der Waals surface area (Å²) in [5.74, 6) is -0.557. The van der Waals surface area contributed by atoms with Gasteiger partial charge in [0.2, 0.25) is 0 Å². The summed E-state index contributed by atoms with van der Waals surface area (Å²) in [7, 11) is 1.50. The monoisotopic (exact) mass is 478 g/mol. The van der Waals surface area contributed by atoms with Gasteiger partial charge in [-0.15, -0.1) is 0 Å². The van der Waals surface area contributed by atoms with E-state index >= 15 is 0 Å². The number of carbonyl (C=O) groups is 2. The van der Waals surface area contributed by atoms with Crippen molar-refractivity contribution in [3.05, 3.63) is 0 Å². The maximum Gasteiger partial charge on any atom is 0.311 e. The molecule has 6 saturated carbocycles. The molecule has 0 spiro atoms. The van der Waals surface area contributed by atoms with Crippen LogP contribution in [0.4, 0.5) is 0 Å². The fourth-order valence-electron chi connectivity index (χ4n) is 5.12. The highest BCUT2D eigenvalue weighted by molar-refractivity contribution is 9.10. The van der Waals surface area contributed by atoms with Crippen LogP contribution >= 0.6 is 31.9 Å². The van der Waals surface area contributed by atoms with Crippen LogP contribution in [0.1, 0.15) is 77.0 Å². The lowest BCUT2D eigenvalue weighted by Gasteiger charge is -2.48. The molecule has 25 heavy (non-hydrogen) atoms. The van der Waals surface area contributed by atoms with Gasteiger partial charge < -0.3 is 9.84 Å². The third kappa shape index (κ3) is 3.67. The second-order valence-electron chi connectivity index (χ2n) is 8.66. The third-order valence-corrected chi connectivity index (χ3v) is 9.76. The zero-order valence-electron chi connectivity index (χ0n) is 14.9. The quantitative estimate of drug-likeness (QED) is 0.436. The SMILES string of the molecule is COC(=O)C12CCC(Br)(CC1)CC2.O=C(O)C12CCC(Br)(CC1)CC2. The van der Waals surface area contributed by atoms with E-state index in [4.69, 9.17) is 9.84 Å². The van der Waals surface area contributed by atoms with E-state index in [1.165, 1.54) is 7.11 Å². The molecule has 0 aromatic heterocycles. The van der Waals surface area contributed by atoms with E-state index in [2.05, 4.69) is 31.9 Å². The number of carbonyl (C=O) groups excluding carboxylic acids is 1. The minimum Gasteiger partial charge on any atom is -0.481 e. The second kappa shape index (κ2) is 6.81. The number of rotatable bonds is 2. The van der Waals surface area contributed by atoms with Crippen molar-refractivity contribution >= 4 is 43.8 Å². The van der Waals surface area contributed by atoms with Gasteiger partial charge in [-0.1, -0.05) is 31.9 Å². The summed E-state index contributed by atoms with van der Waals surface area (Å²) in [5, 5.41) is 9.08. The van der Waals surface area contributed by atoms with Crippen LogP contribution in [0.3, 0.4) is 0 Å². The van der Waals surface area contributed by atoms with Gasteiger partial charge in [-0.2, -0.15) is 0 Å². The van der Waals surface area contributed by atoms with Crippen LogP contribution in [-0.2, 0) is 14.3 Å². The fraction of sp³-hybridized carbons (Fsp3) is 0.895. The molecule has 6 fully saturated rings. The highest BCUT2D eigenvalue weighted by atomic mass is 79.9. The number of aliphatic carboxylic acids is 1. The van der Waals surface area contributed by atoms with Crippen LogP contribution in [0.5, 0.6) is 0 Å². The maximum atomic E-state index is 11.6. The number of carboxylic acid groups (broad SMARTS) is 1. The van der Waals surface area contributed by atoms with Gasteiger partial charge in [-0.25, -0.2) is 0 Å². The standard InChI is InChI=1S/C10H15BrO2.C9H13BrO2/c1-13-8(12)9-2-5-10(11,6-3-9)7-4-9;10-9-4-1-8(2-5-9,3-6-9)7(11)12/h2-7H2,1H3;1-6H2,(H,11,12). The smallest absolute Gasteiger partial charge is 0.311 e. The van der Waals surface area contributed by atoms with Crippen LogP contribution < -0.4 is 0 Å². The molecule has 0 unspecified atom stereocenters. The summed E-state index contributed by atoms with van der Waals surface area (Å²) in [6.07, 6.45) is 12.1. The summed E-state index contributed by atoms with van der Waals surface area (Å²) in [4.78, 5) is 22.6. The summed E-state index contributed by atoms with van der Waals surface area (Å²) >= 11 is 7.49. The average molecular weight is 480 g/mol. The van der Waals surface area contributed by atoms with Gasteiger partial charge in [-0.3, -0.25) is 9.59 Å². The Morgan fingerprint density at radius 2 is 1.04 bits per heavy atom. The number of hydrogen-bond donors (Lipinski definition) is 1. The Balaban J connectivity index is 0.000000146. The molecule has 0 aromatic carbocycles. The largest absolute Gasteiger partial charge is 0.481 e. The van der Waals surface area contributed by atoms with Crippen molar-refractivity contribution in [2.75, 3.05) is 7.11 Å². The van der Waals surface area contributed by atoms with Crippen molar-refractivity contribution in [3.63, 3.8) is 0 Å². The molecule has 6 rings (SSSR count). The van der Waals surface area contributed by atoms with E-state index in [1.54, 1.807) is 0 Å². The van der Waals surface area contributed by atoms with Gasteiger partial charge in [0.1, 0.15) is 0 Å². The number of methoxy groups -OCH3 is 1. The van der Waals surface area contributed by atoms with Gasteiger partial charge in [0.25, 0.3) is 0 Å². The molecule has 0 saturated heterocycles.